The van der Waals surface area contributed by atoms with E-state index in [1.165, 1.54) is 18.4 Å². The largest absolute Gasteiger partial charge is 0.316 e. The van der Waals surface area contributed by atoms with Crippen LogP contribution in [-0.2, 0) is 0 Å². The van der Waals surface area contributed by atoms with Gasteiger partial charge < -0.3 is 5.32 Å². The first-order chi connectivity index (χ1) is 5.33. The quantitative estimate of drug-likeness (QED) is 0.638. The number of rotatable bonds is 2. The standard InChI is InChI=1S/C10H17N/c1-3-9(2)8-10-4-6-11-7-5-10/h8,11H,2-7H2,1H3. The molecule has 1 aliphatic rings. The van der Waals surface area contributed by atoms with Gasteiger partial charge in [0.1, 0.15) is 0 Å². The Morgan fingerprint density at radius 2 is 2.18 bits per heavy atom. The summed E-state index contributed by atoms with van der Waals surface area (Å²) in [6.45, 7) is 8.41. The van der Waals surface area contributed by atoms with Crippen LogP contribution in [0.4, 0.5) is 0 Å². The Labute approximate surface area is 69.2 Å². The van der Waals surface area contributed by atoms with Gasteiger partial charge in [0.2, 0.25) is 0 Å². The Kier molecular flexibility index (Phi) is 3.37. The molecule has 1 rings (SSSR count). The van der Waals surface area contributed by atoms with Crippen LogP contribution in [-0.4, -0.2) is 13.1 Å². The predicted octanol–water partition coefficient (Wildman–Crippen LogP) is 2.26. The molecule has 0 aromatic carbocycles. The van der Waals surface area contributed by atoms with Crippen molar-refractivity contribution in [3.63, 3.8) is 0 Å². The molecule has 1 heterocycles. The average molecular weight is 151 g/mol. The van der Waals surface area contributed by atoms with Crippen LogP contribution in [0.5, 0.6) is 0 Å². The summed E-state index contributed by atoms with van der Waals surface area (Å²) in [6.07, 6.45) is 5.76. The number of hydrogen-bond acceptors (Lipinski definition) is 1. The maximum absolute atomic E-state index is 3.97. The number of piperidine rings is 1. The van der Waals surface area contributed by atoms with Crippen molar-refractivity contribution in [3.05, 3.63) is 23.8 Å². The molecular formula is C10H17N. The normalized spacial score (nSPS) is 18.1. The molecule has 1 aliphatic heterocycles. The zero-order valence-corrected chi connectivity index (χ0v) is 7.32. The van der Waals surface area contributed by atoms with Gasteiger partial charge in [-0.2, -0.15) is 0 Å². The van der Waals surface area contributed by atoms with Gasteiger partial charge in [0.05, 0.1) is 0 Å². The lowest BCUT2D eigenvalue weighted by molar-refractivity contribution is 0.609. The van der Waals surface area contributed by atoms with Crippen LogP contribution in [0.15, 0.2) is 23.8 Å². The highest BCUT2D eigenvalue weighted by Crippen LogP contribution is 2.13. The van der Waals surface area contributed by atoms with Crippen molar-refractivity contribution in [1.29, 1.82) is 0 Å². The van der Waals surface area contributed by atoms with E-state index >= 15 is 0 Å². The topological polar surface area (TPSA) is 12.0 Å². The van der Waals surface area contributed by atoms with Crippen molar-refractivity contribution in [1.82, 2.24) is 5.32 Å². The van der Waals surface area contributed by atoms with E-state index in [-0.39, 0.29) is 0 Å². The van der Waals surface area contributed by atoms with E-state index in [2.05, 4.69) is 24.9 Å². The molecule has 0 aliphatic carbocycles. The number of nitrogens with one attached hydrogen (secondary N) is 1. The summed E-state index contributed by atoms with van der Waals surface area (Å²) in [6, 6.07) is 0. The van der Waals surface area contributed by atoms with Gasteiger partial charge >= 0.3 is 0 Å². The van der Waals surface area contributed by atoms with E-state index in [4.69, 9.17) is 0 Å². The smallest absolute Gasteiger partial charge is 0.00113 e. The molecule has 0 radical (unpaired) electrons. The molecule has 1 fully saturated rings. The maximum Gasteiger partial charge on any atom is -0.00113 e. The summed E-state index contributed by atoms with van der Waals surface area (Å²) in [4.78, 5) is 0. The molecule has 1 saturated heterocycles. The Balaban J connectivity index is 2.43. The van der Waals surface area contributed by atoms with Gasteiger partial charge in [0.25, 0.3) is 0 Å². The van der Waals surface area contributed by atoms with Crippen molar-refractivity contribution in [3.8, 4) is 0 Å². The molecule has 0 unspecified atom stereocenters. The molecule has 0 bridgehead atoms. The maximum atomic E-state index is 3.97. The van der Waals surface area contributed by atoms with Gasteiger partial charge in [-0.3, -0.25) is 0 Å². The summed E-state index contributed by atoms with van der Waals surface area (Å²) in [5.41, 5.74) is 2.83. The van der Waals surface area contributed by atoms with Gasteiger partial charge in [-0.05, 0) is 32.4 Å². The lowest BCUT2D eigenvalue weighted by atomic mass is 10.0. The highest BCUT2D eigenvalue weighted by atomic mass is 14.9. The monoisotopic (exact) mass is 151 g/mol. The van der Waals surface area contributed by atoms with Crippen LogP contribution >= 0.6 is 0 Å². The first-order valence-corrected chi connectivity index (χ1v) is 4.41. The molecule has 1 nitrogen and oxygen atoms in total. The fourth-order valence-electron chi connectivity index (χ4n) is 1.28. The highest BCUT2D eigenvalue weighted by Gasteiger charge is 2.03. The van der Waals surface area contributed by atoms with Crippen LogP contribution in [0.25, 0.3) is 0 Å². The SMILES string of the molecule is C=C(C=C1CCNCC1)CC. The third kappa shape index (κ3) is 2.89. The number of hydrogen-bond donors (Lipinski definition) is 1. The van der Waals surface area contributed by atoms with Gasteiger partial charge in [0, 0.05) is 0 Å². The Hall–Kier alpha value is -0.560. The summed E-state index contributed by atoms with van der Waals surface area (Å²) < 4.78 is 0. The van der Waals surface area contributed by atoms with Gasteiger partial charge in [0.15, 0.2) is 0 Å². The molecule has 1 heteroatoms. The summed E-state index contributed by atoms with van der Waals surface area (Å²) in [5.74, 6) is 0. The fourth-order valence-corrected chi connectivity index (χ4v) is 1.28. The van der Waals surface area contributed by atoms with E-state index in [0.29, 0.717) is 0 Å². The van der Waals surface area contributed by atoms with E-state index in [9.17, 15) is 0 Å². The van der Waals surface area contributed by atoms with Crippen LogP contribution in [0.2, 0.25) is 0 Å². The number of allylic oxidation sites excluding steroid dienone is 2. The summed E-state index contributed by atoms with van der Waals surface area (Å²) in [5, 5.41) is 3.34. The molecule has 0 aromatic heterocycles. The summed E-state index contributed by atoms with van der Waals surface area (Å²) >= 11 is 0. The third-order valence-electron chi connectivity index (χ3n) is 2.11. The first-order valence-electron chi connectivity index (χ1n) is 4.41. The third-order valence-corrected chi connectivity index (χ3v) is 2.11. The Morgan fingerprint density at radius 1 is 1.55 bits per heavy atom. The molecule has 11 heavy (non-hydrogen) atoms. The second-order valence-electron chi connectivity index (χ2n) is 3.06. The van der Waals surface area contributed by atoms with Crippen molar-refractivity contribution >= 4 is 0 Å². The van der Waals surface area contributed by atoms with E-state index in [0.717, 1.165) is 19.5 Å². The summed E-state index contributed by atoms with van der Waals surface area (Å²) in [7, 11) is 0. The second-order valence-corrected chi connectivity index (χ2v) is 3.06. The molecule has 0 aromatic rings. The van der Waals surface area contributed by atoms with Crippen LogP contribution in [0.3, 0.4) is 0 Å². The molecule has 1 N–H and O–H groups in total. The zero-order chi connectivity index (χ0) is 8.10. The lowest BCUT2D eigenvalue weighted by Gasteiger charge is -2.15. The predicted molar refractivity (Wildman–Crippen MR) is 49.6 cm³/mol. The Bertz CT molecular complexity index is 160. The molecule has 62 valence electrons. The van der Waals surface area contributed by atoms with Crippen molar-refractivity contribution in [2.75, 3.05) is 13.1 Å². The van der Waals surface area contributed by atoms with Gasteiger partial charge in [-0.1, -0.05) is 30.7 Å². The van der Waals surface area contributed by atoms with Gasteiger partial charge in [-0.15, -0.1) is 0 Å². The lowest BCUT2D eigenvalue weighted by Crippen LogP contribution is -2.23. The van der Waals surface area contributed by atoms with E-state index in [1.54, 1.807) is 5.57 Å². The molecule has 0 spiro atoms. The minimum Gasteiger partial charge on any atom is -0.316 e. The molecular weight excluding hydrogens is 134 g/mol. The van der Waals surface area contributed by atoms with Crippen LogP contribution < -0.4 is 5.32 Å². The van der Waals surface area contributed by atoms with Crippen molar-refractivity contribution in [2.24, 2.45) is 0 Å². The highest BCUT2D eigenvalue weighted by molar-refractivity contribution is 5.21. The zero-order valence-electron chi connectivity index (χ0n) is 7.32. The Morgan fingerprint density at radius 3 is 2.73 bits per heavy atom. The average Bonchev–Trinajstić information content (AvgIpc) is 2.06. The van der Waals surface area contributed by atoms with Crippen LogP contribution in [0, 0.1) is 0 Å². The van der Waals surface area contributed by atoms with Gasteiger partial charge in [-0.25, -0.2) is 0 Å². The minimum absolute atomic E-state index is 1.08. The minimum atomic E-state index is 1.08. The molecule has 0 amide bonds. The van der Waals surface area contributed by atoms with E-state index < -0.39 is 0 Å². The second kappa shape index (κ2) is 4.35. The van der Waals surface area contributed by atoms with Crippen LogP contribution in [0.1, 0.15) is 26.2 Å². The first kappa shape index (κ1) is 8.54. The van der Waals surface area contributed by atoms with Crippen molar-refractivity contribution < 1.29 is 0 Å². The molecule has 0 atom stereocenters. The fraction of sp³-hybridized carbons (Fsp3) is 0.600. The van der Waals surface area contributed by atoms with E-state index in [1.807, 2.05) is 0 Å². The molecule has 0 saturated carbocycles. The van der Waals surface area contributed by atoms with Crippen molar-refractivity contribution in [2.45, 2.75) is 26.2 Å².